The van der Waals surface area contributed by atoms with Gasteiger partial charge in [0, 0.05) is 37.0 Å². The van der Waals surface area contributed by atoms with Crippen molar-refractivity contribution in [3.05, 3.63) is 71.8 Å². The largest absolute Gasteiger partial charge is 0.481 e. The lowest BCUT2D eigenvalue weighted by atomic mass is 9.75. The number of carbonyl (C=O) groups is 1. The zero-order valence-electron chi connectivity index (χ0n) is 23.1. The summed E-state index contributed by atoms with van der Waals surface area (Å²) in [6.07, 6.45) is 8.11. The Bertz CT molecular complexity index is 1040. The average molecular weight is 539 g/mol. The lowest BCUT2D eigenvalue weighted by Crippen LogP contribution is -2.49. The van der Waals surface area contributed by atoms with Crippen LogP contribution in [0.2, 0.25) is 0 Å². The summed E-state index contributed by atoms with van der Waals surface area (Å²) in [7, 11) is 0. The van der Waals surface area contributed by atoms with E-state index in [1.165, 1.54) is 30.5 Å². The second-order valence-electron chi connectivity index (χ2n) is 12.3. The fraction of sp³-hybridized carbons (Fsp3) is 0.606. The Hall–Kier alpha value is -2.31. The minimum atomic E-state index is -2.77. The third kappa shape index (κ3) is 7.26. The van der Waals surface area contributed by atoms with Gasteiger partial charge in [0.15, 0.2) is 0 Å². The van der Waals surface area contributed by atoms with E-state index in [2.05, 4.69) is 40.1 Å². The molecule has 2 aliphatic heterocycles. The van der Waals surface area contributed by atoms with E-state index in [4.69, 9.17) is 0 Å². The van der Waals surface area contributed by atoms with E-state index in [0.29, 0.717) is 30.3 Å². The van der Waals surface area contributed by atoms with Gasteiger partial charge in [-0.05, 0) is 94.3 Å². The van der Waals surface area contributed by atoms with Gasteiger partial charge in [-0.2, -0.15) is 0 Å². The second-order valence-corrected chi connectivity index (χ2v) is 12.3. The molecule has 0 bridgehead atoms. The first-order chi connectivity index (χ1) is 18.9. The smallest absolute Gasteiger partial charge is 0.303 e. The Labute approximate surface area is 232 Å². The molecule has 39 heavy (non-hydrogen) atoms. The molecule has 4 nitrogen and oxygen atoms in total. The van der Waals surface area contributed by atoms with Crippen LogP contribution < -0.4 is 0 Å². The maximum absolute atomic E-state index is 14.7. The van der Waals surface area contributed by atoms with Crippen LogP contribution in [0.1, 0.15) is 81.4 Å². The van der Waals surface area contributed by atoms with Crippen LogP contribution in [-0.4, -0.2) is 53.1 Å². The minimum absolute atomic E-state index is 0.0842. The molecule has 2 saturated heterocycles. The number of carboxylic acids is 1. The molecule has 0 spiro atoms. The standard InChI is InChI=1S/C33H44F2N2O2/c34-33(35,29-10-5-2-6-11-29)18-15-25-16-20-36(21-17-25)24-28-22-26(23-32(38)39)13-14-31(28)37-19-7-12-30(37)27-8-3-1-4-9-27/h1-6,8-11,25-26,28,30-31H,7,12-24H2,(H,38,39)/t26?,28-,30?,31-/m0/s1. The first kappa shape index (κ1) is 28.2. The van der Waals surface area contributed by atoms with Gasteiger partial charge in [-0.25, -0.2) is 8.78 Å². The first-order valence-electron chi connectivity index (χ1n) is 15.1. The van der Waals surface area contributed by atoms with Crippen molar-refractivity contribution in [1.82, 2.24) is 9.80 Å². The van der Waals surface area contributed by atoms with Crippen LogP contribution >= 0.6 is 0 Å². The first-order valence-corrected chi connectivity index (χ1v) is 15.1. The van der Waals surface area contributed by atoms with Gasteiger partial charge in [-0.3, -0.25) is 9.69 Å². The highest BCUT2D eigenvalue weighted by molar-refractivity contribution is 5.67. The maximum atomic E-state index is 14.7. The molecule has 2 heterocycles. The van der Waals surface area contributed by atoms with Crippen molar-refractivity contribution >= 4 is 5.97 Å². The molecule has 0 aromatic heterocycles. The van der Waals surface area contributed by atoms with Gasteiger partial charge < -0.3 is 10.0 Å². The number of aliphatic carboxylic acids is 1. The number of alkyl halides is 2. The van der Waals surface area contributed by atoms with E-state index in [1.807, 2.05) is 0 Å². The molecule has 1 N–H and O–H groups in total. The average Bonchev–Trinajstić information content (AvgIpc) is 3.43. The topological polar surface area (TPSA) is 43.8 Å². The van der Waals surface area contributed by atoms with Crippen LogP contribution in [0.5, 0.6) is 0 Å². The number of rotatable bonds is 10. The second kappa shape index (κ2) is 12.9. The van der Waals surface area contributed by atoms with Crippen molar-refractivity contribution in [2.75, 3.05) is 26.2 Å². The maximum Gasteiger partial charge on any atom is 0.303 e. The SMILES string of the molecule is O=C(O)CC1CC[C@H](N2CCCC2c2ccccc2)[C@H](CN2CCC(CCC(F)(F)c3ccccc3)CC2)C1. The predicted molar refractivity (Wildman–Crippen MR) is 151 cm³/mol. The van der Waals surface area contributed by atoms with Gasteiger partial charge in [0.1, 0.15) is 0 Å². The van der Waals surface area contributed by atoms with E-state index in [9.17, 15) is 18.7 Å². The molecular formula is C33H44F2N2O2. The van der Waals surface area contributed by atoms with Crippen molar-refractivity contribution in [2.24, 2.45) is 17.8 Å². The monoisotopic (exact) mass is 538 g/mol. The van der Waals surface area contributed by atoms with Crippen LogP contribution in [0.3, 0.4) is 0 Å². The number of halogens is 2. The molecule has 4 atom stereocenters. The number of nitrogens with zero attached hydrogens (tertiary/aromatic N) is 2. The molecule has 0 radical (unpaired) electrons. The molecule has 2 unspecified atom stereocenters. The summed E-state index contributed by atoms with van der Waals surface area (Å²) in [6, 6.07) is 20.0. The van der Waals surface area contributed by atoms with Gasteiger partial charge in [0.05, 0.1) is 0 Å². The zero-order chi connectivity index (χ0) is 27.2. The van der Waals surface area contributed by atoms with Crippen molar-refractivity contribution in [2.45, 2.75) is 82.2 Å². The molecule has 1 aliphatic carbocycles. The minimum Gasteiger partial charge on any atom is -0.481 e. The summed E-state index contributed by atoms with van der Waals surface area (Å²) in [4.78, 5) is 16.8. The molecule has 1 saturated carbocycles. The van der Waals surface area contributed by atoms with Gasteiger partial charge in [0.25, 0.3) is 5.92 Å². The van der Waals surface area contributed by atoms with Crippen molar-refractivity contribution in [1.29, 1.82) is 0 Å². The Morgan fingerprint density at radius 2 is 1.56 bits per heavy atom. The third-order valence-corrected chi connectivity index (χ3v) is 9.68. The predicted octanol–water partition coefficient (Wildman–Crippen LogP) is 7.37. The van der Waals surface area contributed by atoms with Crippen molar-refractivity contribution < 1.29 is 18.7 Å². The van der Waals surface area contributed by atoms with Crippen LogP contribution in [0.15, 0.2) is 60.7 Å². The Morgan fingerprint density at radius 1 is 0.872 bits per heavy atom. The van der Waals surface area contributed by atoms with Crippen molar-refractivity contribution in [3.8, 4) is 0 Å². The normalized spacial score (nSPS) is 27.5. The fourth-order valence-electron chi connectivity index (χ4n) is 7.63. The number of hydrogen-bond acceptors (Lipinski definition) is 3. The summed E-state index contributed by atoms with van der Waals surface area (Å²) in [5, 5.41) is 9.48. The highest BCUT2D eigenvalue weighted by Crippen LogP contribution is 2.43. The molecule has 2 aromatic rings. The molecule has 3 aliphatic rings. The molecular weight excluding hydrogens is 494 g/mol. The molecule has 0 amide bonds. The molecule has 3 fully saturated rings. The molecule has 5 rings (SSSR count). The summed E-state index contributed by atoms with van der Waals surface area (Å²) in [5.74, 6) is -2.41. The van der Waals surface area contributed by atoms with Gasteiger partial charge in [-0.15, -0.1) is 0 Å². The summed E-state index contributed by atoms with van der Waals surface area (Å²) in [6.45, 7) is 4.01. The van der Waals surface area contributed by atoms with Crippen LogP contribution in [0.25, 0.3) is 0 Å². The third-order valence-electron chi connectivity index (χ3n) is 9.68. The lowest BCUT2D eigenvalue weighted by Gasteiger charge is -2.46. The van der Waals surface area contributed by atoms with Gasteiger partial charge in [0.2, 0.25) is 0 Å². The summed E-state index contributed by atoms with van der Waals surface area (Å²) in [5.41, 5.74) is 1.52. The number of piperidine rings is 1. The number of benzene rings is 2. The quantitative estimate of drug-likeness (QED) is 0.343. The van der Waals surface area contributed by atoms with Crippen LogP contribution in [-0.2, 0) is 10.7 Å². The fourth-order valence-corrected chi connectivity index (χ4v) is 7.63. The van der Waals surface area contributed by atoms with E-state index >= 15 is 0 Å². The summed E-state index contributed by atoms with van der Waals surface area (Å²) >= 11 is 0. The van der Waals surface area contributed by atoms with E-state index in [0.717, 1.165) is 58.3 Å². The molecule has 2 aromatic carbocycles. The highest BCUT2D eigenvalue weighted by atomic mass is 19.3. The lowest BCUT2D eigenvalue weighted by molar-refractivity contribution is -0.138. The Balaban J connectivity index is 1.19. The van der Waals surface area contributed by atoms with Gasteiger partial charge in [-0.1, -0.05) is 60.7 Å². The Kier molecular flexibility index (Phi) is 9.34. The van der Waals surface area contributed by atoms with E-state index in [-0.39, 0.29) is 24.3 Å². The Morgan fingerprint density at radius 3 is 2.26 bits per heavy atom. The summed E-state index contributed by atoms with van der Waals surface area (Å²) < 4.78 is 29.4. The zero-order valence-corrected chi connectivity index (χ0v) is 23.1. The van der Waals surface area contributed by atoms with Crippen LogP contribution in [0, 0.1) is 17.8 Å². The molecule has 212 valence electrons. The van der Waals surface area contributed by atoms with E-state index < -0.39 is 11.9 Å². The highest BCUT2D eigenvalue weighted by Gasteiger charge is 2.41. The number of hydrogen-bond donors (Lipinski definition) is 1. The van der Waals surface area contributed by atoms with Crippen molar-refractivity contribution in [3.63, 3.8) is 0 Å². The number of carboxylic acid groups (broad SMARTS) is 1. The molecule has 6 heteroatoms. The number of likely N-dealkylation sites (tertiary alicyclic amines) is 2. The van der Waals surface area contributed by atoms with E-state index in [1.54, 1.807) is 18.2 Å². The van der Waals surface area contributed by atoms with Gasteiger partial charge >= 0.3 is 5.97 Å². The van der Waals surface area contributed by atoms with Crippen LogP contribution in [0.4, 0.5) is 8.78 Å².